The number of anilines is 1. The summed E-state index contributed by atoms with van der Waals surface area (Å²) >= 11 is 0. The first-order valence-electron chi connectivity index (χ1n) is 5.34. The highest BCUT2D eigenvalue weighted by Crippen LogP contribution is 2.33. The van der Waals surface area contributed by atoms with Crippen LogP contribution in [-0.4, -0.2) is 31.0 Å². The molecule has 0 aromatic heterocycles. The van der Waals surface area contributed by atoms with E-state index in [1.54, 1.807) is 0 Å². The highest BCUT2D eigenvalue weighted by molar-refractivity contribution is 5.49. The van der Waals surface area contributed by atoms with Crippen LogP contribution in [0.3, 0.4) is 0 Å². The van der Waals surface area contributed by atoms with Gasteiger partial charge < -0.3 is 10.0 Å². The van der Waals surface area contributed by atoms with Gasteiger partial charge in [0.1, 0.15) is 12.4 Å². The van der Waals surface area contributed by atoms with Crippen LogP contribution < -0.4 is 4.90 Å². The summed E-state index contributed by atoms with van der Waals surface area (Å²) in [7, 11) is 0. The van der Waals surface area contributed by atoms with Crippen molar-refractivity contribution < 1.29 is 35.8 Å². The van der Waals surface area contributed by atoms with Gasteiger partial charge in [-0.05, 0) is 18.2 Å². The molecule has 1 rings (SSSR count). The van der Waals surface area contributed by atoms with Crippen molar-refractivity contribution in [2.75, 3.05) is 24.6 Å². The first-order valence-corrected chi connectivity index (χ1v) is 5.34. The van der Waals surface area contributed by atoms with Crippen LogP contribution >= 0.6 is 0 Å². The molecule has 0 aliphatic heterocycles. The Bertz CT molecular complexity index is 455. The van der Waals surface area contributed by atoms with Crippen molar-refractivity contribution in [3.8, 4) is 0 Å². The minimum Gasteiger partial charge on any atom is -0.395 e. The average Bonchev–Trinajstić information content (AvgIpc) is 2.25. The molecule has 0 aliphatic carbocycles. The Labute approximate surface area is 109 Å². The fraction of sp³-hybridized carbons (Fsp3) is 0.455. The Balaban J connectivity index is 3.09. The Morgan fingerprint density at radius 1 is 1.05 bits per heavy atom. The molecule has 1 aromatic carbocycles. The van der Waals surface area contributed by atoms with Gasteiger partial charge >= 0.3 is 12.4 Å². The summed E-state index contributed by atoms with van der Waals surface area (Å²) in [6.45, 7) is -2.83. The van der Waals surface area contributed by atoms with Gasteiger partial charge in [0.15, 0.2) is 0 Å². The number of aliphatic hydroxyl groups is 1. The van der Waals surface area contributed by atoms with Gasteiger partial charge in [-0.25, -0.2) is 4.39 Å². The number of halogens is 7. The minimum absolute atomic E-state index is 0.121. The number of alkyl halides is 6. The second kappa shape index (κ2) is 5.86. The van der Waals surface area contributed by atoms with E-state index in [1.807, 2.05) is 0 Å². The molecule has 0 unspecified atom stereocenters. The van der Waals surface area contributed by atoms with Crippen molar-refractivity contribution in [3.63, 3.8) is 0 Å². The molecule has 0 amide bonds. The van der Waals surface area contributed by atoms with E-state index >= 15 is 0 Å². The van der Waals surface area contributed by atoms with Crippen LogP contribution in [0.1, 0.15) is 5.56 Å². The number of benzene rings is 1. The molecule has 20 heavy (non-hydrogen) atoms. The van der Waals surface area contributed by atoms with Crippen molar-refractivity contribution in [1.82, 2.24) is 0 Å². The molecule has 1 N–H and O–H groups in total. The zero-order valence-electron chi connectivity index (χ0n) is 9.89. The molecule has 0 heterocycles. The monoisotopic (exact) mass is 305 g/mol. The van der Waals surface area contributed by atoms with Gasteiger partial charge in [0.2, 0.25) is 0 Å². The summed E-state index contributed by atoms with van der Waals surface area (Å²) < 4.78 is 87.4. The molecule has 0 saturated carbocycles. The second-order valence-electron chi connectivity index (χ2n) is 3.92. The van der Waals surface area contributed by atoms with Crippen LogP contribution in [0.2, 0.25) is 0 Å². The smallest absolute Gasteiger partial charge is 0.395 e. The van der Waals surface area contributed by atoms with E-state index in [4.69, 9.17) is 5.11 Å². The quantitative estimate of drug-likeness (QED) is 0.864. The Morgan fingerprint density at radius 2 is 1.65 bits per heavy atom. The average molecular weight is 305 g/mol. The van der Waals surface area contributed by atoms with Gasteiger partial charge in [0.05, 0.1) is 17.9 Å². The number of nitrogens with zero attached hydrogens (tertiary/aromatic N) is 1. The number of hydrogen-bond acceptors (Lipinski definition) is 2. The fourth-order valence-corrected chi connectivity index (χ4v) is 1.56. The number of rotatable bonds is 4. The third kappa shape index (κ3) is 4.55. The lowest BCUT2D eigenvalue weighted by molar-refractivity contribution is -0.137. The lowest BCUT2D eigenvalue weighted by Crippen LogP contribution is -2.36. The van der Waals surface area contributed by atoms with Crippen LogP contribution in [0.4, 0.5) is 36.4 Å². The molecular weight excluding hydrogens is 295 g/mol. The van der Waals surface area contributed by atoms with E-state index in [-0.39, 0.29) is 6.07 Å². The number of aliphatic hydroxyl groups excluding tert-OH is 1. The molecule has 0 fully saturated rings. The first-order chi connectivity index (χ1) is 9.04. The molecule has 0 bridgehead atoms. The van der Waals surface area contributed by atoms with Crippen molar-refractivity contribution >= 4 is 5.69 Å². The highest BCUT2D eigenvalue weighted by atomic mass is 19.4. The van der Waals surface area contributed by atoms with Crippen LogP contribution in [0, 0.1) is 5.82 Å². The SMILES string of the molecule is OCCN(CC(F)(F)F)c1ccc(C(F)(F)F)cc1F. The predicted molar refractivity (Wildman–Crippen MR) is 56.8 cm³/mol. The standard InChI is InChI=1S/C11H10F7NO/c12-8-5-7(11(16,17)18)1-2-9(8)19(3-4-20)6-10(13,14)15/h1-2,5,20H,3-4,6H2. The minimum atomic E-state index is -4.79. The maximum absolute atomic E-state index is 13.5. The van der Waals surface area contributed by atoms with Crippen molar-refractivity contribution in [2.24, 2.45) is 0 Å². The first kappa shape index (κ1) is 16.5. The van der Waals surface area contributed by atoms with E-state index in [1.165, 1.54) is 0 Å². The summed E-state index contributed by atoms with van der Waals surface area (Å²) in [5.74, 6) is -1.43. The normalized spacial score (nSPS) is 12.6. The van der Waals surface area contributed by atoms with Crippen LogP contribution in [-0.2, 0) is 6.18 Å². The Morgan fingerprint density at radius 3 is 2.05 bits per heavy atom. The third-order valence-electron chi connectivity index (χ3n) is 2.36. The maximum atomic E-state index is 13.5. The van der Waals surface area contributed by atoms with Gasteiger partial charge in [-0.3, -0.25) is 0 Å². The van der Waals surface area contributed by atoms with Gasteiger partial charge in [0.25, 0.3) is 0 Å². The summed E-state index contributed by atoms with van der Waals surface area (Å²) in [5, 5.41) is 8.66. The van der Waals surface area contributed by atoms with Gasteiger partial charge in [-0.2, -0.15) is 26.3 Å². The third-order valence-corrected chi connectivity index (χ3v) is 2.36. The molecule has 0 radical (unpaired) electrons. The van der Waals surface area contributed by atoms with Crippen LogP contribution in [0.25, 0.3) is 0 Å². The van der Waals surface area contributed by atoms with Gasteiger partial charge in [-0.15, -0.1) is 0 Å². The lowest BCUT2D eigenvalue weighted by Gasteiger charge is -2.25. The molecule has 0 spiro atoms. The van der Waals surface area contributed by atoms with Crippen LogP contribution in [0.15, 0.2) is 18.2 Å². The van der Waals surface area contributed by atoms with E-state index < -0.39 is 49.1 Å². The fourth-order valence-electron chi connectivity index (χ4n) is 1.56. The van der Waals surface area contributed by atoms with Gasteiger partial charge in [-0.1, -0.05) is 0 Å². The topological polar surface area (TPSA) is 23.5 Å². The number of hydrogen-bond donors (Lipinski definition) is 1. The summed E-state index contributed by atoms with van der Waals surface area (Å²) in [6.07, 6.45) is -9.46. The molecular formula is C11H10F7NO. The molecule has 2 nitrogen and oxygen atoms in total. The van der Waals surface area contributed by atoms with E-state index in [0.717, 1.165) is 0 Å². The van der Waals surface area contributed by atoms with E-state index in [2.05, 4.69) is 0 Å². The Kier molecular flexibility index (Phi) is 4.85. The largest absolute Gasteiger partial charge is 0.416 e. The zero-order valence-corrected chi connectivity index (χ0v) is 9.89. The lowest BCUT2D eigenvalue weighted by atomic mass is 10.1. The summed E-state index contributed by atoms with van der Waals surface area (Å²) in [4.78, 5) is 0.426. The maximum Gasteiger partial charge on any atom is 0.416 e. The zero-order chi connectivity index (χ0) is 15.6. The van der Waals surface area contributed by atoms with Crippen LogP contribution in [0.5, 0.6) is 0 Å². The second-order valence-corrected chi connectivity index (χ2v) is 3.92. The summed E-state index contributed by atoms with van der Waals surface area (Å²) in [5.41, 5.74) is -1.95. The summed E-state index contributed by atoms with van der Waals surface area (Å²) in [6, 6.07) is 1.22. The van der Waals surface area contributed by atoms with Gasteiger partial charge in [0, 0.05) is 6.54 Å². The molecule has 114 valence electrons. The molecule has 0 saturated heterocycles. The molecule has 0 aliphatic rings. The van der Waals surface area contributed by atoms with Crippen molar-refractivity contribution in [2.45, 2.75) is 12.4 Å². The highest BCUT2D eigenvalue weighted by Gasteiger charge is 2.34. The van der Waals surface area contributed by atoms with Crippen molar-refractivity contribution in [3.05, 3.63) is 29.6 Å². The van der Waals surface area contributed by atoms with E-state index in [0.29, 0.717) is 17.0 Å². The predicted octanol–water partition coefficient (Wildman–Crippen LogP) is 3.21. The molecule has 0 atom stereocenters. The Hall–Kier alpha value is -1.51. The molecule has 9 heteroatoms. The molecule has 1 aromatic rings. The van der Waals surface area contributed by atoms with Crippen molar-refractivity contribution in [1.29, 1.82) is 0 Å². The van der Waals surface area contributed by atoms with E-state index in [9.17, 15) is 30.7 Å².